The fourth-order valence-corrected chi connectivity index (χ4v) is 2.74. The lowest BCUT2D eigenvalue weighted by molar-refractivity contribution is 0.0164. The lowest BCUT2D eigenvalue weighted by atomic mass is 10.2. The van der Waals surface area contributed by atoms with Crippen LogP contribution in [0.15, 0.2) is 4.99 Å². The Morgan fingerprint density at radius 2 is 1.75 bits per heavy atom. The minimum atomic E-state index is -0.446. The fraction of sp³-hybridized carbons (Fsp3) is 0.929. The van der Waals surface area contributed by atoms with E-state index >= 15 is 0 Å². The van der Waals surface area contributed by atoms with Gasteiger partial charge in [0, 0.05) is 32.7 Å². The smallest absolute Gasteiger partial charge is 0.191 e. The summed E-state index contributed by atoms with van der Waals surface area (Å²) in [6.45, 7) is 6.33. The van der Waals surface area contributed by atoms with Gasteiger partial charge in [0.1, 0.15) is 0 Å². The van der Waals surface area contributed by atoms with Gasteiger partial charge in [0.25, 0.3) is 0 Å². The van der Waals surface area contributed by atoms with Crippen LogP contribution < -0.4 is 5.73 Å². The monoisotopic (exact) mass is 284 g/mol. The molecular weight excluding hydrogens is 256 g/mol. The first-order chi connectivity index (χ1) is 9.75. The molecule has 0 spiro atoms. The second-order valence-electron chi connectivity index (χ2n) is 5.67. The van der Waals surface area contributed by atoms with Crippen LogP contribution in [0.2, 0.25) is 0 Å². The number of aliphatic hydroxyl groups is 1. The van der Waals surface area contributed by atoms with E-state index < -0.39 is 6.10 Å². The van der Waals surface area contributed by atoms with Crippen LogP contribution in [0.4, 0.5) is 0 Å². The molecule has 2 aliphatic heterocycles. The fourth-order valence-electron chi connectivity index (χ4n) is 2.74. The molecule has 2 rings (SSSR count). The Labute approximate surface area is 121 Å². The second-order valence-corrected chi connectivity index (χ2v) is 5.67. The van der Waals surface area contributed by atoms with Crippen molar-refractivity contribution < 1.29 is 9.84 Å². The zero-order valence-electron chi connectivity index (χ0n) is 12.3. The van der Waals surface area contributed by atoms with Gasteiger partial charge in [-0.2, -0.15) is 0 Å². The third kappa shape index (κ3) is 5.26. The van der Waals surface area contributed by atoms with Gasteiger partial charge in [-0.05, 0) is 12.8 Å². The summed E-state index contributed by atoms with van der Waals surface area (Å²) in [6, 6.07) is 0. The molecular formula is C14H28N4O2. The highest BCUT2D eigenvalue weighted by Crippen LogP contribution is 2.09. The molecule has 0 aromatic heterocycles. The van der Waals surface area contributed by atoms with E-state index in [0.29, 0.717) is 19.0 Å². The molecule has 0 saturated carbocycles. The Bertz CT molecular complexity index is 298. The molecule has 2 aliphatic rings. The Morgan fingerprint density at radius 1 is 1.10 bits per heavy atom. The van der Waals surface area contributed by atoms with Crippen molar-refractivity contribution >= 4 is 5.96 Å². The predicted molar refractivity (Wildman–Crippen MR) is 79.8 cm³/mol. The van der Waals surface area contributed by atoms with E-state index in [1.165, 1.54) is 25.7 Å². The lowest BCUT2D eigenvalue weighted by Gasteiger charge is -2.28. The van der Waals surface area contributed by atoms with Crippen molar-refractivity contribution in [2.45, 2.75) is 31.8 Å². The number of ether oxygens (including phenoxy) is 1. The van der Waals surface area contributed by atoms with Crippen molar-refractivity contribution in [3.8, 4) is 0 Å². The van der Waals surface area contributed by atoms with Gasteiger partial charge >= 0.3 is 0 Å². The van der Waals surface area contributed by atoms with Crippen LogP contribution in [0.3, 0.4) is 0 Å². The van der Waals surface area contributed by atoms with E-state index in [4.69, 9.17) is 10.5 Å². The molecule has 20 heavy (non-hydrogen) atoms. The number of nitrogens with two attached hydrogens (primary N) is 1. The molecule has 116 valence electrons. The third-order valence-electron chi connectivity index (χ3n) is 3.97. The van der Waals surface area contributed by atoms with Crippen molar-refractivity contribution in [2.75, 3.05) is 52.5 Å². The molecule has 0 aliphatic carbocycles. The predicted octanol–water partition coefficient (Wildman–Crippen LogP) is -0.130. The first-order valence-electron chi connectivity index (χ1n) is 7.79. The van der Waals surface area contributed by atoms with Gasteiger partial charge < -0.3 is 20.5 Å². The number of guanidine groups is 1. The first-order valence-corrected chi connectivity index (χ1v) is 7.79. The van der Waals surface area contributed by atoms with E-state index in [9.17, 15) is 5.11 Å². The highest BCUT2D eigenvalue weighted by atomic mass is 16.5. The molecule has 2 fully saturated rings. The van der Waals surface area contributed by atoms with E-state index in [1.807, 2.05) is 0 Å². The summed E-state index contributed by atoms with van der Waals surface area (Å²) >= 11 is 0. The summed E-state index contributed by atoms with van der Waals surface area (Å²) in [6.07, 6.45) is 4.49. The van der Waals surface area contributed by atoms with Crippen LogP contribution in [0, 0.1) is 0 Å². The number of β-amino-alcohol motifs (C(OH)–C–C–N with tert-alkyl or cyclic N) is 1. The van der Waals surface area contributed by atoms with Crippen LogP contribution in [0.1, 0.15) is 25.7 Å². The maximum atomic E-state index is 10.0. The topological polar surface area (TPSA) is 74.3 Å². The zero-order valence-corrected chi connectivity index (χ0v) is 12.3. The number of rotatable bonds is 4. The number of aliphatic imine (C=N–C) groups is 1. The number of nitrogens with zero attached hydrogens (tertiary/aromatic N) is 3. The average molecular weight is 284 g/mol. The quantitative estimate of drug-likeness (QED) is 0.556. The normalized spacial score (nSPS) is 24.4. The molecule has 0 amide bonds. The molecule has 6 nitrogen and oxygen atoms in total. The Balaban J connectivity index is 1.72. The molecule has 0 bridgehead atoms. The van der Waals surface area contributed by atoms with Gasteiger partial charge in [0.15, 0.2) is 5.96 Å². The van der Waals surface area contributed by atoms with E-state index in [1.54, 1.807) is 0 Å². The summed E-state index contributed by atoms with van der Waals surface area (Å²) in [7, 11) is 0. The number of hydrogen-bond donors (Lipinski definition) is 2. The Kier molecular flexibility index (Phi) is 6.56. The van der Waals surface area contributed by atoms with Gasteiger partial charge in [-0.15, -0.1) is 0 Å². The summed E-state index contributed by atoms with van der Waals surface area (Å²) in [5, 5.41) is 10.0. The highest BCUT2D eigenvalue weighted by Gasteiger charge is 2.15. The summed E-state index contributed by atoms with van der Waals surface area (Å²) < 4.78 is 5.29. The van der Waals surface area contributed by atoms with Gasteiger partial charge in [0.2, 0.25) is 0 Å². The molecule has 0 radical (unpaired) electrons. The van der Waals surface area contributed by atoms with Gasteiger partial charge in [-0.3, -0.25) is 9.89 Å². The molecule has 1 unspecified atom stereocenters. The maximum Gasteiger partial charge on any atom is 0.191 e. The van der Waals surface area contributed by atoms with E-state index in [2.05, 4.69) is 14.8 Å². The number of morpholine rings is 1. The second kappa shape index (κ2) is 8.44. The van der Waals surface area contributed by atoms with Gasteiger partial charge in [-0.1, -0.05) is 12.8 Å². The van der Waals surface area contributed by atoms with Crippen molar-refractivity contribution in [1.82, 2.24) is 9.80 Å². The van der Waals surface area contributed by atoms with Gasteiger partial charge in [-0.25, -0.2) is 0 Å². The van der Waals surface area contributed by atoms with Crippen molar-refractivity contribution in [3.63, 3.8) is 0 Å². The third-order valence-corrected chi connectivity index (χ3v) is 3.97. The van der Waals surface area contributed by atoms with Crippen LogP contribution in [0.25, 0.3) is 0 Å². The first kappa shape index (κ1) is 15.5. The highest BCUT2D eigenvalue weighted by molar-refractivity contribution is 5.78. The minimum Gasteiger partial charge on any atom is -0.390 e. The zero-order chi connectivity index (χ0) is 14.2. The minimum absolute atomic E-state index is 0.389. The van der Waals surface area contributed by atoms with Crippen molar-refractivity contribution in [3.05, 3.63) is 0 Å². The van der Waals surface area contributed by atoms with Crippen molar-refractivity contribution in [1.29, 1.82) is 0 Å². The largest absolute Gasteiger partial charge is 0.390 e. The average Bonchev–Trinajstić information content (AvgIpc) is 2.75. The number of aliphatic hydroxyl groups excluding tert-OH is 1. The summed E-state index contributed by atoms with van der Waals surface area (Å²) in [5.41, 5.74) is 6.03. The summed E-state index contributed by atoms with van der Waals surface area (Å²) in [5.74, 6) is 0.591. The molecule has 3 N–H and O–H groups in total. The molecule has 2 saturated heterocycles. The Morgan fingerprint density at radius 3 is 2.40 bits per heavy atom. The Hall–Kier alpha value is -0.850. The molecule has 0 aromatic rings. The van der Waals surface area contributed by atoms with E-state index in [0.717, 1.165) is 39.4 Å². The lowest BCUT2D eigenvalue weighted by Crippen LogP contribution is -2.42. The molecule has 1 atom stereocenters. The SMILES string of the molecule is NC(=NCC(O)CN1CCOCC1)N1CCCCCC1. The van der Waals surface area contributed by atoms with Crippen LogP contribution in [-0.4, -0.2) is 79.5 Å². The van der Waals surface area contributed by atoms with Crippen molar-refractivity contribution in [2.24, 2.45) is 10.7 Å². The van der Waals surface area contributed by atoms with Gasteiger partial charge in [0.05, 0.1) is 25.9 Å². The number of likely N-dealkylation sites (tertiary alicyclic amines) is 1. The number of hydrogen-bond acceptors (Lipinski definition) is 4. The maximum absolute atomic E-state index is 10.0. The molecule has 0 aromatic carbocycles. The molecule has 6 heteroatoms. The van der Waals surface area contributed by atoms with Crippen LogP contribution in [0.5, 0.6) is 0 Å². The van der Waals surface area contributed by atoms with Crippen LogP contribution in [-0.2, 0) is 4.74 Å². The van der Waals surface area contributed by atoms with Crippen LogP contribution >= 0.6 is 0 Å². The summed E-state index contributed by atoms with van der Waals surface area (Å²) in [4.78, 5) is 8.73. The van der Waals surface area contributed by atoms with E-state index in [-0.39, 0.29) is 0 Å². The molecule has 2 heterocycles. The standard InChI is InChI=1S/C14H28N4O2/c15-14(18-5-3-1-2-4-6-18)16-11-13(19)12-17-7-9-20-10-8-17/h13,19H,1-12H2,(H2,15,16).